The summed E-state index contributed by atoms with van der Waals surface area (Å²) in [6.07, 6.45) is 9.70. The fourth-order valence-electron chi connectivity index (χ4n) is 3.33. The van der Waals surface area contributed by atoms with Crippen LogP contribution in [0.5, 0.6) is 0 Å². The van der Waals surface area contributed by atoms with Gasteiger partial charge in [-0.25, -0.2) is 4.98 Å². The van der Waals surface area contributed by atoms with Gasteiger partial charge < -0.3 is 9.88 Å². The lowest BCUT2D eigenvalue weighted by Gasteiger charge is -2.30. The van der Waals surface area contributed by atoms with Crippen LogP contribution in [0.3, 0.4) is 0 Å². The number of imidazole rings is 1. The molecule has 1 atom stereocenters. The number of benzene rings is 1. The van der Waals surface area contributed by atoms with Gasteiger partial charge in [0.2, 0.25) is 5.91 Å². The molecule has 1 aromatic carbocycles. The molecule has 1 amide bonds. The van der Waals surface area contributed by atoms with E-state index in [1.165, 1.54) is 0 Å². The number of rotatable bonds is 4. The van der Waals surface area contributed by atoms with Gasteiger partial charge in [-0.3, -0.25) is 4.79 Å². The van der Waals surface area contributed by atoms with Gasteiger partial charge in [0.15, 0.2) is 0 Å². The predicted molar refractivity (Wildman–Crippen MR) is 91.3 cm³/mol. The number of aromatic nitrogens is 2. The van der Waals surface area contributed by atoms with Crippen LogP contribution in [-0.4, -0.2) is 15.5 Å². The minimum absolute atomic E-state index is 0.134. The third-order valence-electron chi connectivity index (χ3n) is 4.88. The van der Waals surface area contributed by atoms with Crippen LogP contribution in [0.1, 0.15) is 50.6 Å². The summed E-state index contributed by atoms with van der Waals surface area (Å²) in [6, 6.07) is 10.1. The summed E-state index contributed by atoms with van der Waals surface area (Å²) in [5.41, 5.74) is 1.16. The Balaban J connectivity index is 1.75. The van der Waals surface area contributed by atoms with Crippen molar-refractivity contribution in [3.8, 4) is 11.8 Å². The van der Waals surface area contributed by atoms with Crippen molar-refractivity contribution >= 4 is 5.91 Å². The largest absolute Gasteiger partial charge is 0.348 e. The molecule has 0 aliphatic heterocycles. The molecule has 1 saturated carbocycles. The highest BCUT2D eigenvalue weighted by atomic mass is 16.2. The van der Waals surface area contributed by atoms with Crippen LogP contribution in [0.15, 0.2) is 43.0 Å². The van der Waals surface area contributed by atoms with Gasteiger partial charge in [0.25, 0.3) is 0 Å². The molecule has 5 nitrogen and oxygen atoms in total. The molecule has 1 unspecified atom stereocenters. The van der Waals surface area contributed by atoms with E-state index in [-0.39, 0.29) is 11.9 Å². The van der Waals surface area contributed by atoms with Crippen LogP contribution >= 0.6 is 0 Å². The number of nitriles is 1. The van der Waals surface area contributed by atoms with E-state index in [1.54, 1.807) is 12.5 Å². The first-order chi connectivity index (χ1) is 11.6. The summed E-state index contributed by atoms with van der Waals surface area (Å²) >= 11 is 0. The molecule has 124 valence electrons. The van der Waals surface area contributed by atoms with Crippen molar-refractivity contribution in [2.24, 2.45) is 5.41 Å². The van der Waals surface area contributed by atoms with E-state index in [0.717, 1.165) is 30.5 Å². The van der Waals surface area contributed by atoms with Crippen LogP contribution in [0.25, 0.3) is 5.69 Å². The molecule has 1 aliphatic carbocycles. The van der Waals surface area contributed by atoms with E-state index in [2.05, 4.69) is 16.4 Å². The summed E-state index contributed by atoms with van der Waals surface area (Å²) in [5.74, 6) is -0.134. The Morgan fingerprint density at radius 3 is 2.83 bits per heavy atom. The van der Waals surface area contributed by atoms with Gasteiger partial charge in [-0.2, -0.15) is 5.26 Å². The number of hydrogen-bond donors (Lipinski definition) is 1. The van der Waals surface area contributed by atoms with Crippen molar-refractivity contribution in [1.82, 2.24) is 14.9 Å². The topological polar surface area (TPSA) is 70.7 Å². The van der Waals surface area contributed by atoms with Crippen molar-refractivity contribution in [3.63, 3.8) is 0 Å². The molecular weight excluding hydrogens is 300 g/mol. The number of nitrogens with one attached hydrogen (secondary N) is 1. The maximum Gasteiger partial charge on any atom is 0.240 e. The standard InChI is InChI=1S/C19H22N4O/c1-15(22-18(24)19(13-20)8-3-2-4-9-19)16-6-5-7-17(12-16)23-11-10-21-14-23/h5-7,10-12,14-15H,2-4,8-9H2,1H3,(H,22,24). The monoisotopic (exact) mass is 322 g/mol. The highest BCUT2D eigenvalue weighted by Gasteiger charge is 2.40. The number of nitrogens with zero attached hydrogens (tertiary/aromatic N) is 3. The van der Waals surface area contributed by atoms with Crippen LogP contribution in [-0.2, 0) is 4.79 Å². The summed E-state index contributed by atoms with van der Waals surface area (Å²) in [5, 5.41) is 12.6. The van der Waals surface area contributed by atoms with E-state index < -0.39 is 5.41 Å². The molecule has 1 aromatic heterocycles. The fourth-order valence-corrected chi connectivity index (χ4v) is 3.33. The van der Waals surface area contributed by atoms with Crippen LogP contribution in [0.4, 0.5) is 0 Å². The lowest BCUT2D eigenvalue weighted by atomic mass is 9.74. The molecule has 1 aliphatic rings. The Morgan fingerprint density at radius 1 is 1.38 bits per heavy atom. The van der Waals surface area contributed by atoms with Gasteiger partial charge in [-0.15, -0.1) is 0 Å². The smallest absolute Gasteiger partial charge is 0.240 e. The van der Waals surface area contributed by atoms with Gasteiger partial charge in [-0.1, -0.05) is 31.4 Å². The zero-order valence-electron chi connectivity index (χ0n) is 13.9. The highest BCUT2D eigenvalue weighted by molar-refractivity contribution is 5.85. The number of amides is 1. The third-order valence-corrected chi connectivity index (χ3v) is 4.88. The summed E-state index contributed by atoms with van der Waals surface area (Å²) < 4.78 is 1.93. The molecule has 0 spiro atoms. The Labute approximate surface area is 142 Å². The van der Waals surface area contributed by atoms with E-state index in [9.17, 15) is 10.1 Å². The Bertz CT molecular complexity index is 739. The van der Waals surface area contributed by atoms with E-state index in [0.29, 0.717) is 12.8 Å². The minimum Gasteiger partial charge on any atom is -0.348 e. The lowest BCUT2D eigenvalue weighted by molar-refractivity contribution is -0.130. The Hall–Kier alpha value is -2.61. The number of hydrogen-bond acceptors (Lipinski definition) is 3. The predicted octanol–water partition coefficient (Wildman–Crippen LogP) is 3.52. The molecule has 2 aromatic rings. The Morgan fingerprint density at radius 2 is 2.17 bits per heavy atom. The second kappa shape index (κ2) is 6.88. The first-order valence-corrected chi connectivity index (χ1v) is 8.45. The molecule has 1 heterocycles. The van der Waals surface area contributed by atoms with Crippen molar-refractivity contribution in [2.45, 2.75) is 45.1 Å². The SMILES string of the molecule is CC(NC(=O)C1(C#N)CCCCC1)c1cccc(-n2ccnc2)c1. The average Bonchev–Trinajstić information content (AvgIpc) is 3.17. The molecule has 1 N–H and O–H groups in total. The minimum atomic E-state index is -0.853. The van der Waals surface area contributed by atoms with Crippen LogP contribution in [0.2, 0.25) is 0 Å². The molecule has 1 fully saturated rings. The summed E-state index contributed by atoms with van der Waals surface area (Å²) in [4.78, 5) is 16.8. The summed E-state index contributed by atoms with van der Waals surface area (Å²) in [7, 11) is 0. The first kappa shape index (κ1) is 16.3. The molecule has 5 heteroatoms. The van der Waals surface area contributed by atoms with Crippen molar-refractivity contribution in [3.05, 3.63) is 48.5 Å². The molecular formula is C19H22N4O. The van der Waals surface area contributed by atoms with E-state index in [4.69, 9.17) is 0 Å². The molecule has 3 rings (SSSR count). The number of carbonyl (C=O) groups excluding carboxylic acids is 1. The maximum absolute atomic E-state index is 12.7. The van der Waals surface area contributed by atoms with Crippen LogP contribution in [0, 0.1) is 16.7 Å². The molecule has 0 radical (unpaired) electrons. The van der Waals surface area contributed by atoms with Gasteiger partial charge >= 0.3 is 0 Å². The summed E-state index contributed by atoms with van der Waals surface area (Å²) in [6.45, 7) is 1.96. The maximum atomic E-state index is 12.7. The second-order valence-corrected chi connectivity index (χ2v) is 6.51. The third kappa shape index (κ3) is 3.18. The van der Waals surface area contributed by atoms with Gasteiger partial charge in [-0.05, 0) is 37.5 Å². The Kier molecular flexibility index (Phi) is 4.66. The van der Waals surface area contributed by atoms with Crippen LogP contribution < -0.4 is 5.32 Å². The van der Waals surface area contributed by atoms with Crippen molar-refractivity contribution in [1.29, 1.82) is 5.26 Å². The zero-order chi connectivity index (χ0) is 17.0. The van der Waals surface area contributed by atoms with E-state index >= 15 is 0 Å². The first-order valence-electron chi connectivity index (χ1n) is 8.45. The lowest BCUT2D eigenvalue weighted by Crippen LogP contribution is -2.42. The average molecular weight is 322 g/mol. The van der Waals surface area contributed by atoms with Gasteiger partial charge in [0, 0.05) is 18.1 Å². The van der Waals surface area contributed by atoms with Crippen molar-refractivity contribution < 1.29 is 4.79 Å². The highest BCUT2D eigenvalue weighted by Crippen LogP contribution is 2.36. The van der Waals surface area contributed by atoms with Gasteiger partial charge in [0.1, 0.15) is 5.41 Å². The quantitative estimate of drug-likeness (QED) is 0.936. The molecule has 0 saturated heterocycles. The normalized spacial score (nSPS) is 17.7. The fraction of sp³-hybridized carbons (Fsp3) is 0.421. The second-order valence-electron chi connectivity index (χ2n) is 6.51. The zero-order valence-corrected chi connectivity index (χ0v) is 13.9. The molecule has 0 bridgehead atoms. The van der Waals surface area contributed by atoms with E-state index in [1.807, 2.05) is 42.0 Å². The molecule has 24 heavy (non-hydrogen) atoms. The number of carbonyl (C=O) groups is 1. The van der Waals surface area contributed by atoms with Gasteiger partial charge in [0.05, 0.1) is 18.4 Å². The van der Waals surface area contributed by atoms with Crippen molar-refractivity contribution in [2.75, 3.05) is 0 Å².